The number of rotatable bonds is 8. The Hall–Kier alpha value is -2.38. The van der Waals surface area contributed by atoms with Crippen LogP contribution in [0.25, 0.3) is 0 Å². The van der Waals surface area contributed by atoms with Gasteiger partial charge in [-0.3, -0.25) is 4.79 Å². The van der Waals surface area contributed by atoms with Gasteiger partial charge in [-0.2, -0.15) is 4.31 Å². The molecule has 1 atom stereocenters. The number of methoxy groups -OCH3 is 1. The van der Waals surface area contributed by atoms with Crippen molar-refractivity contribution < 1.29 is 17.9 Å². The van der Waals surface area contributed by atoms with E-state index in [0.29, 0.717) is 37.6 Å². The summed E-state index contributed by atoms with van der Waals surface area (Å²) >= 11 is 0. The highest BCUT2D eigenvalue weighted by Gasteiger charge is 2.33. The van der Waals surface area contributed by atoms with Gasteiger partial charge in [0.2, 0.25) is 15.9 Å². The van der Waals surface area contributed by atoms with Crippen LogP contribution in [-0.4, -0.2) is 38.8 Å². The number of carbonyl (C=O) groups excluding carboxylic acids is 1. The van der Waals surface area contributed by atoms with E-state index in [-0.39, 0.29) is 22.8 Å². The minimum absolute atomic E-state index is 0.0102. The van der Waals surface area contributed by atoms with Gasteiger partial charge in [0, 0.05) is 19.0 Å². The molecule has 0 saturated carbocycles. The van der Waals surface area contributed by atoms with E-state index in [2.05, 4.69) is 19.2 Å². The molecule has 0 radical (unpaired) electrons. The predicted molar refractivity (Wildman–Crippen MR) is 121 cm³/mol. The Morgan fingerprint density at radius 1 is 1.06 bits per heavy atom. The van der Waals surface area contributed by atoms with Crippen LogP contribution in [0.3, 0.4) is 0 Å². The van der Waals surface area contributed by atoms with Gasteiger partial charge in [0.15, 0.2) is 0 Å². The molecule has 0 aromatic heterocycles. The number of hydrogen-bond donors (Lipinski definition) is 1. The van der Waals surface area contributed by atoms with Crippen molar-refractivity contribution in [3.8, 4) is 5.75 Å². The lowest BCUT2D eigenvalue weighted by atomic mass is 9.93. The van der Waals surface area contributed by atoms with Crippen molar-refractivity contribution in [3.63, 3.8) is 0 Å². The molecule has 31 heavy (non-hydrogen) atoms. The largest absolute Gasteiger partial charge is 0.497 e. The maximum absolute atomic E-state index is 13.0. The molecule has 6 nitrogen and oxygen atoms in total. The van der Waals surface area contributed by atoms with E-state index in [9.17, 15) is 13.2 Å². The van der Waals surface area contributed by atoms with Crippen LogP contribution < -0.4 is 10.1 Å². The zero-order valence-corrected chi connectivity index (χ0v) is 19.3. The minimum atomic E-state index is -3.57. The second kappa shape index (κ2) is 10.3. The van der Waals surface area contributed by atoms with Gasteiger partial charge in [-0.1, -0.05) is 44.2 Å². The van der Waals surface area contributed by atoms with E-state index in [1.54, 1.807) is 31.4 Å². The molecule has 2 aromatic rings. The van der Waals surface area contributed by atoms with Crippen molar-refractivity contribution in [3.05, 3.63) is 60.2 Å². The summed E-state index contributed by atoms with van der Waals surface area (Å²) in [5.41, 5.74) is 1.10. The molecule has 0 spiro atoms. The van der Waals surface area contributed by atoms with Gasteiger partial charge in [-0.25, -0.2) is 8.42 Å². The van der Waals surface area contributed by atoms with Gasteiger partial charge >= 0.3 is 0 Å². The summed E-state index contributed by atoms with van der Waals surface area (Å²) in [7, 11) is -2.03. The molecule has 1 heterocycles. The van der Waals surface area contributed by atoms with Crippen molar-refractivity contribution >= 4 is 15.9 Å². The minimum Gasteiger partial charge on any atom is -0.497 e. The number of amides is 1. The number of piperidine rings is 1. The monoisotopic (exact) mass is 444 g/mol. The van der Waals surface area contributed by atoms with E-state index < -0.39 is 10.0 Å². The molecular weight excluding hydrogens is 412 g/mol. The fourth-order valence-corrected chi connectivity index (χ4v) is 5.45. The molecule has 1 aliphatic rings. The number of hydrogen-bond acceptors (Lipinski definition) is 4. The fraction of sp³-hybridized carbons (Fsp3) is 0.458. The normalized spacial score (nSPS) is 16.8. The number of benzene rings is 2. The molecule has 168 valence electrons. The quantitative estimate of drug-likeness (QED) is 0.668. The number of nitrogens with zero attached hydrogens (tertiary/aromatic N) is 1. The van der Waals surface area contributed by atoms with Gasteiger partial charge in [0.1, 0.15) is 5.75 Å². The summed E-state index contributed by atoms with van der Waals surface area (Å²) < 4.78 is 32.4. The number of carbonyl (C=O) groups is 1. The lowest BCUT2D eigenvalue weighted by molar-refractivity contribution is -0.127. The first kappa shape index (κ1) is 23.3. The molecule has 1 unspecified atom stereocenters. The van der Waals surface area contributed by atoms with Crippen molar-refractivity contribution in [2.24, 2.45) is 11.8 Å². The number of sulfonamides is 1. The zero-order chi connectivity index (χ0) is 22.4. The molecule has 7 heteroatoms. The van der Waals surface area contributed by atoms with E-state index in [4.69, 9.17) is 4.74 Å². The first-order valence-corrected chi connectivity index (χ1v) is 12.2. The van der Waals surface area contributed by atoms with Crippen LogP contribution >= 0.6 is 0 Å². The smallest absolute Gasteiger partial charge is 0.243 e. The molecule has 3 rings (SSSR count). The molecule has 2 aromatic carbocycles. The van der Waals surface area contributed by atoms with E-state index in [1.807, 2.05) is 30.3 Å². The number of ether oxygens (including phenoxy) is 1. The van der Waals surface area contributed by atoms with E-state index in [1.165, 1.54) is 4.31 Å². The van der Waals surface area contributed by atoms with Crippen LogP contribution in [-0.2, 0) is 14.8 Å². The molecular formula is C24H32N2O4S. The van der Waals surface area contributed by atoms with Crippen LogP contribution in [0, 0.1) is 11.8 Å². The maximum Gasteiger partial charge on any atom is 0.243 e. The van der Waals surface area contributed by atoms with Gasteiger partial charge in [-0.05, 0) is 55.0 Å². The standard InChI is InChI=1S/C24H32N2O4S/c1-18(2)17-23(19-7-5-4-6-8-19)25-24(27)20-13-15-26(16-14-20)31(28,29)22-11-9-21(30-3)10-12-22/h4-12,18,20,23H,13-17H2,1-3H3,(H,25,27). The highest BCUT2D eigenvalue weighted by atomic mass is 32.2. The van der Waals surface area contributed by atoms with Gasteiger partial charge < -0.3 is 10.1 Å². The zero-order valence-electron chi connectivity index (χ0n) is 18.5. The average molecular weight is 445 g/mol. The maximum atomic E-state index is 13.0. The van der Waals surface area contributed by atoms with Gasteiger partial charge in [-0.15, -0.1) is 0 Å². The Balaban J connectivity index is 1.62. The summed E-state index contributed by atoms with van der Waals surface area (Å²) in [6.07, 6.45) is 1.90. The van der Waals surface area contributed by atoms with Crippen LogP contribution in [0.1, 0.15) is 44.7 Å². The Morgan fingerprint density at radius 2 is 1.68 bits per heavy atom. The highest BCUT2D eigenvalue weighted by Crippen LogP contribution is 2.27. The van der Waals surface area contributed by atoms with Crippen LogP contribution in [0.2, 0.25) is 0 Å². The molecule has 1 aliphatic heterocycles. The van der Waals surface area contributed by atoms with Crippen LogP contribution in [0.15, 0.2) is 59.5 Å². The third-order valence-corrected chi connectivity index (χ3v) is 7.66. The van der Waals surface area contributed by atoms with Crippen molar-refractivity contribution in [1.29, 1.82) is 0 Å². The molecule has 0 bridgehead atoms. The Morgan fingerprint density at radius 3 is 2.23 bits per heavy atom. The summed E-state index contributed by atoms with van der Waals surface area (Å²) in [5.74, 6) is 0.891. The summed E-state index contributed by atoms with van der Waals surface area (Å²) in [6.45, 7) is 4.97. The third-order valence-electron chi connectivity index (χ3n) is 5.75. The molecule has 1 saturated heterocycles. The van der Waals surface area contributed by atoms with Crippen molar-refractivity contribution in [2.75, 3.05) is 20.2 Å². The first-order valence-electron chi connectivity index (χ1n) is 10.8. The lowest BCUT2D eigenvalue weighted by Crippen LogP contribution is -2.43. The highest BCUT2D eigenvalue weighted by molar-refractivity contribution is 7.89. The lowest BCUT2D eigenvalue weighted by Gasteiger charge is -2.32. The summed E-state index contributed by atoms with van der Waals surface area (Å²) in [6, 6.07) is 16.4. The fourth-order valence-electron chi connectivity index (χ4n) is 3.98. The number of nitrogens with one attached hydrogen (secondary N) is 1. The topological polar surface area (TPSA) is 75.7 Å². The summed E-state index contributed by atoms with van der Waals surface area (Å²) in [4.78, 5) is 13.2. The second-order valence-electron chi connectivity index (χ2n) is 8.46. The second-order valence-corrected chi connectivity index (χ2v) is 10.4. The van der Waals surface area contributed by atoms with Crippen LogP contribution in [0.5, 0.6) is 5.75 Å². The Labute approximate surface area is 185 Å². The van der Waals surface area contributed by atoms with Crippen molar-refractivity contribution in [1.82, 2.24) is 9.62 Å². The summed E-state index contributed by atoms with van der Waals surface area (Å²) in [5, 5.41) is 3.21. The SMILES string of the molecule is COc1ccc(S(=O)(=O)N2CCC(C(=O)NC(CC(C)C)c3ccccc3)CC2)cc1. The Kier molecular flexibility index (Phi) is 7.73. The van der Waals surface area contributed by atoms with E-state index >= 15 is 0 Å². The molecule has 1 fully saturated rings. The van der Waals surface area contributed by atoms with Gasteiger partial charge in [0.05, 0.1) is 18.0 Å². The van der Waals surface area contributed by atoms with Crippen LogP contribution in [0.4, 0.5) is 0 Å². The average Bonchev–Trinajstić information content (AvgIpc) is 2.79. The third kappa shape index (κ3) is 5.86. The van der Waals surface area contributed by atoms with Crippen molar-refractivity contribution in [2.45, 2.75) is 44.0 Å². The van der Waals surface area contributed by atoms with E-state index in [0.717, 1.165) is 12.0 Å². The predicted octanol–water partition coefficient (Wildman–Crippen LogP) is 4.00. The molecule has 1 amide bonds. The Bertz CT molecular complexity index is 951. The first-order chi connectivity index (χ1) is 14.8. The molecule has 1 N–H and O–H groups in total. The van der Waals surface area contributed by atoms with Gasteiger partial charge in [0.25, 0.3) is 0 Å². The molecule has 0 aliphatic carbocycles.